The van der Waals surface area contributed by atoms with Crippen LogP contribution in [0.4, 0.5) is 45.5 Å². The molecule has 0 amide bonds. The molecule has 0 atom stereocenters. The van der Waals surface area contributed by atoms with E-state index >= 15 is 0 Å². The van der Waals surface area contributed by atoms with Crippen LogP contribution in [0.5, 0.6) is 0 Å². The molecule has 0 radical (unpaired) electrons. The fourth-order valence-electron chi connectivity index (χ4n) is 11.7. The first-order chi connectivity index (χ1) is 42.0. The maximum atomic E-state index is 7.00. The molecule has 0 unspecified atom stereocenters. The molecule has 10 nitrogen and oxygen atoms in total. The second-order valence-electron chi connectivity index (χ2n) is 20.6. The zero-order valence-electron chi connectivity index (χ0n) is 48.2. The quantitative estimate of drug-likeness (QED) is 0.0409. The van der Waals surface area contributed by atoms with Gasteiger partial charge in [0.15, 0.2) is 0 Å². The maximum absolute atomic E-state index is 7.00. The summed E-state index contributed by atoms with van der Waals surface area (Å²) in [5.74, 6) is 0. The second-order valence-corrected chi connectivity index (χ2v) is 20.6. The van der Waals surface area contributed by atoms with E-state index in [0.717, 1.165) is 115 Å². The molecule has 0 aliphatic carbocycles. The Morgan fingerprint density at radius 2 is 0.477 bits per heavy atom. The van der Waals surface area contributed by atoms with Crippen LogP contribution >= 0.6 is 0 Å². The Hall–Kier alpha value is -11.0. The van der Waals surface area contributed by atoms with Crippen LogP contribution < -0.4 is 45.9 Å². The van der Waals surface area contributed by atoms with Gasteiger partial charge < -0.3 is 56.1 Å². The molecule has 0 heterocycles. The van der Waals surface area contributed by atoms with Gasteiger partial charge in [-0.1, -0.05) is 206 Å². The lowest BCUT2D eigenvalue weighted by Gasteiger charge is -2.39. The molecule has 18 N–H and O–H groups in total. The van der Waals surface area contributed by atoms with Crippen LogP contribution in [-0.4, -0.2) is 24.4 Å². The summed E-state index contributed by atoms with van der Waals surface area (Å²) in [6.07, 6.45) is 0. The third kappa shape index (κ3) is 11.8. The van der Waals surface area contributed by atoms with Crippen molar-refractivity contribution in [1.82, 2.24) is 0 Å². The van der Waals surface area contributed by atoms with Crippen molar-refractivity contribution >= 4 is 45.5 Å². The minimum absolute atomic E-state index is 0.664. The molecular weight excluding hydrogens is 1060 g/mol. The van der Waals surface area contributed by atoms with Crippen LogP contribution in [-0.2, 0) is 10.8 Å². The number of benzene rings is 12. The molecular formula is C76H72N8O2. The molecule has 10 heteroatoms. The number of para-hydroxylation sites is 2. The molecule has 0 bridgehead atoms. The Labute approximate surface area is 504 Å². The van der Waals surface area contributed by atoms with Gasteiger partial charge in [0.25, 0.3) is 0 Å². The second kappa shape index (κ2) is 26.9. The summed E-state index contributed by atoms with van der Waals surface area (Å²) < 4.78 is 0. The molecule has 0 spiro atoms. The standard InChI is InChI=1S/2C37H32N4.2CH4O/c38-33-17-9-7-15-29(33)31-23-27(19-21-35(31)40)37(25-11-3-1-4-12-25,26-13-5-2-6-14-26)28-20-22-36(41)32(24-28)30-16-8-10-18-34(30)39;38-31-17-11-25(12-18-31)27-15-21-35(40)33(23-27)37(29-7-3-1-4-8-29,30-9-5-2-6-10-30)34-24-28(16-22-36(34)41)26-13-19-32(39)20-14-26;2*1-2/h2*1-24H,38-41H2;2*2H,1H3. The Bertz CT molecular complexity index is 3910. The molecule has 12 aromatic rings. The summed E-state index contributed by atoms with van der Waals surface area (Å²) in [6, 6.07) is 98.5. The van der Waals surface area contributed by atoms with Crippen molar-refractivity contribution in [3.63, 3.8) is 0 Å². The van der Waals surface area contributed by atoms with Gasteiger partial charge in [-0.3, -0.25) is 0 Å². The van der Waals surface area contributed by atoms with Gasteiger partial charge in [-0.05, 0) is 152 Å². The Morgan fingerprint density at radius 1 is 0.209 bits per heavy atom. The van der Waals surface area contributed by atoms with Crippen molar-refractivity contribution in [1.29, 1.82) is 0 Å². The summed E-state index contributed by atoms with van der Waals surface area (Å²) in [4.78, 5) is 0. The maximum Gasteiger partial charge on any atom is 0.0741 e. The van der Waals surface area contributed by atoms with Gasteiger partial charge >= 0.3 is 0 Å². The summed E-state index contributed by atoms with van der Waals surface area (Å²) >= 11 is 0. The summed E-state index contributed by atoms with van der Waals surface area (Å²) in [5.41, 5.74) is 72.0. The van der Waals surface area contributed by atoms with Crippen LogP contribution in [0.2, 0.25) is 0 Å². The molecule has 12 aromatic carbocycles. The normalized spacial score (nSPS) is 10.9. The number of anilines is 8. The molecule has 0 saturated heterocycles. The van der Waals surface area contributed by atoms with Gasteiger partial charge in [-0.2, -0.15) is 0 Å². The molecule has 0 aliphatic rings. The number of rotatable bonds is 12. The first-order valence-electron chi connectivity index (χ1n) is 28.1. The van der Waals surface area contributed by atoms with E-state index in [4.69, 9.17) is 56.1 Å². The van der Waals surface area contributed by atoms with Gasteiger partial charge in [0, 0.05) is 82.0 Å². The van der Waals surface area contributed by atoms with Gasteiger partial charge in [0.2, 0.25) is 0 Å². The van der Waals surface area contributed by atoms with E-state index < -0.39 is 10.8 Å². The van der Waals surface area contributed by atoms with Crippen molar-refractivity contribution in [2.45, 2.75) is 10.8 Å². The number of nitrogen functional groups attached to an aromatic ring is 8. The van der Waals surface area contributed by atoms with Crippen LogP contribution in [0, 0.1) is 0 Å². The number of aliphatic hydroxyl groups is 2. The van der Waals surface area contributed by atoms with Gasteiger partial charge in [0.05, 0.1) is 10.8 Å². The average Bonchev–Trinajstić information content (AvgIpc) is 1.99. The lowest BCUT2D eigenvalue weighted by Crippen LogP contribution is -2.33. The zero-order chi connectivity index (χ0) is 60.8. The summed E-state index contributed by atoms with van der Waals surface area (Å²) in [6.45, 7) is 0. The highest BCUT2D eigenvalue weighted by molar-refractivity contribution is 5.88. The lowest BCUT2D eigenvalue weighted by molar-refractivity contribution is 0.399. The molecule has 0 fully saturated rings. The topological polar surface area (TPSA) is 249 Å². The van der Waals surface area contributed by atoms with Crippen molar-refractivity contribution < 1.29 is 10.2 Å². The highest BCUT2D eigenvalue weighted by Crippen LogP contribution is 2.52. The van der Waals surface area contributed by atoms with Crippen molar-refractivity contribution in [2.75, 3.05) is 60.1 Å². The number of hydrogen-bond donors (Lipinski definition) is 10. The third-order valence-electron chi connectivity index (χ3n) is 15.7. The van der Waals surface area contributed by atoms with Crippen LogP contribution in [0.25, 0.3) is 44.5 Å². The fraction of sp³-hybridized carbons (Fsp3) is 0.0526. The molecule has 428 valence electrons. The predicted molar refractivity (Wildman–Crippen MR) is 363 cm³/mol. The van der Waals surface area contributed by atoms with Gasteiger partial charge in [-0.15, -0.1) is 0 Å². The Kier molecular flexibility index (Phi) is 18.6. The molecule has 0 aliphatic heterocycles. The minimum Gasteiger partial charge on any atom is -0.400 e. The first kappa shape index (κ1) is 59.6. The van der Waals surface area contributed by atoms with E-state index in [-0.39, 0.29) is 0 Å². The average molecular weight is 1130 g/mol. The molecule has 0 aromatic heterocycles. The predicted octanol–water partition coefficient (Wildman–Crippen LogP) is 14.7. The largest absolute Gasteiger partial charge is 0.400 e. The van der Waals surface area contributed by atoms with Crippen LogP contribution in [0.3, 0.4) is 0 Å². The van der Waals surface area contributed by atoms with Crippen molar-refractivity contribution in [2.24, 2.45) is 0 Å². The monoisotopic (exact) mass is 1130 g/mol. The van der Waals surface area contributed by atoms with E-state index in [9.17, 15) is 0 Å². The summed E-state index contributed by atoms with van der Waals surface area (Å²) in [5, 5.41) is 14.0. The highest BCUT2D eigenvalue weighted by atomic mass is 16.2. The van der Waals surface area contributed by atoms with Gasteiger partial charge in [0.1, 0.15) is 0 Å². The lowest BCUT2D eigenvalue weighted by atomic mass is 9.63. The third-order valence-corrected chi connectivity index (χ3v) is 15.7. The van der Waals surface area contributed by atoms with E-state index in [0.29, 0.717) is 34.1 Å². The van der Waals surface area contributed by atoms with Crippen molar-refractivity contribution in [3.8, 4) is 44.5 Å². The van der Waals surface area contributed by atoms with E-state index in [1.807, 2.05) is 146 Å². The van der Waals surface area contributed by atoms with E-state index in [1.54, 1.807) is 0 Å². The highest BCUT2D eigenvalue weighted by Gasteiger charge is 2.42. The first-order valence-corrected chi connectivity index (χ1v) is 28.1. The summed E-state index contributed by atoms with van der Waals surface area (Å²) in [7, 11) is 2.00. The Morgan fingerprint density at radius 3 is 0.802 bits per heavy atom. The molecule has 86 heavy (non-hydrogen) atoms. The SMILES string of the molecule is CO.CO.Nc1ccc(-c2ccc(N)c(C(c3ccccc3)(c3ccccc3)c3cc(-c4ccc(N)cc4)ccc3N)c2)cc1.Nc1ccccc1-c1cc(C(c2ccccc2)(c2ccccc2)c2ccc(N)c(-c3ccccc3N)c2)ccc1N. The Balaban J connectivity index is 0.000000194. The smallest absolute Gasteiger partial charge is 0.0741 e. The zero-order valence-corrected chi connectivity index (χ0v) is 48.2. The molecule has 0 saturated carbocycles. The van der Waals surface area contributed by atoms with Crippen molar-refractivity contribution in [3.05, 3.63) is 336 Å². The minimum atomic E-state index is -0.815. The fourth-order valence-corrected chi connectivity index (χ4v) is 11.7. The number of aliphatic hydroxyl groups excluding tert-OH is 2. The van der Waals surface area contributed by atoms with Gasteiger partial charge in [-0.25, -0.2) is 0 Å². The number of hydrogen-bond acceptors (Lipinski definition) is 10. The van der Waals surface area contributed by atoms with Crippen LogP contribution in [0.15, 0.2) is 291 Å². The van der Waals surface area contributed by atoms with Crippen LogP contribution in [0.1, 0.15) is 44.5 Å². The molecule has 12 rings (SSSR count). The van der Waals surface area contributed by atoms with E-state index in [1.165, 1.54) is 0 Å². The van der Waals surface area contributed by atoms with E-state index in [2.05, 4.69) is 146 Å². The number of nitrogens with two attached hydrogens (primary N) is 8.